The average Bonchev–Trinajstić information content (AvgIpc) is 2.98. The second-order valence-electron chi connectivity index (χ2n) is 10.2. The molecule has 4 aromatic rings. The lowest BCUT2D eigenvalue weighted by Gasteiger charge is -2.39. The summed E-state index contributed by atoms with van der Waals surface area (Å²) in [6.45, 7) is 1.73. The summed E-state index contributed by atoms with van der Waals surface area (Å²) < 4.78 is 155. The first kappa shape index (κ1) is 36.6. The van der Waals surface area contributed by atoms with E-state index in [4.69, 9.17) is 8.37 Å². The Hall–Kier alpha value is -5.24. The van der Waals surface area contributed by atoms with Crippen LogP contribution >= 0.6 is 0 Å². The Kier molecular flexibility index (Phi) is 9.45. The number of rotatable bonds is 10. The van der Waals surface area contributed by atoms with Gasteiger partial charge in [-0.15, -0.1) is 0 Å². The minimum atomic E-state index is -6.72. The molecule has 0 aliphatic rings. The Balaban J connectivity index is 2.27. The number of hydrogen-bond acceptors (Lipinski definition) is 10. The molecule has 0 N–H and O–H groups in total. The van der Waals surface area contributed by atoms with Crippen LogP contribution in [0.4, 0.5) is 37.7 Å². The lowest BCUT2D eigenvalue weighted by Crippen LogP contribution is -2.55. The van der Waals surface area contributed by atoms with E-state index in [0.29, 0.717) is 12.1 Å². The van der Waals surface area contributed by atoms with E-state index in [0.717, 1.165) is 62.4 Å². The number of alkyl halides is 6. The van der Waals surface area contributed by atoms with Crippen LogP contribution in [-0.4, -0.2) is 39.0 Å². The van der Waals surface area contributed by atoms with Gasteiger partial charge in [0.05, 0.1) is 9.85 Å². The number of nitro benzene ring substituents is 2. The minimum absolute atomic E-state index is 0.0420. The molecule has 0 saturated heterocycles. The van der Waals surface area contributed by atoms with Gasteiger partial charge in [-0.05, 0) is 38.1 Å². The van der Waals surface area contributed by atoms with E-state index >= 15 is 26.3 Å². The Morgan fingerprint density at radius 1 is 0.551 bits per heavy atom. The average molecular weight is 735 g/mol. The van der Waals surface area contributed by atoms with Crippen molar-refractivity contribution in [2.45, 2.75) is 41.4 Å². The summed E-state index contributed by atoms with van der Waals surface area (Å²) in [5, 5.41) is 24.3. The van der Waals surface area contributed by atoms with Gasteiger partial charge in [0.1, 0.15) is 9.79 Å². The van der Waals surface area contributed by atoms with E-state index in [1.54, 1.807) is 0 Å². The van der Waals surface area contributed by atoms with Crippen molar-refractivity contribution in [1.82, 2.24) is 0 Å². The van der Waals surface area contributed by atoms with Crippen molar-refractivity contribution in [3.63, 3.8) is 0 Å². The van der Waals surface area contributed by atoms with Crippen molar-refractivity contribution < 1.29 is 61.4 Å². The van der Waals surface area contributed by atoms with Crippen molar-refractivity contribution in [1.29, 1.82) is 0 Å². The summed E-state index contributed by atoms with van der Waals surface area (Å²) in [5.41, 5.74) is -14.8. The number of hydrogen-bond donors (Lipinski definition) is 0. The molecule has 0 unspecified atom stereocenters. The summed E-state index contributed by atoms with van der Waals surface area (Å²) in [7, 11) is -10.8. The Bertz CT molecular complexity index is 2000. The van der Waals surface area contributed by atoms with Crippen LogP contribution in [-0.2, 0) is 25.7 Å². The zero-order chi connectivity index (χ0) is 36.7. The molecule has 12 nitrogen and oxygen atoms in total. The summed E-state index contributed by atoms with van der Waals surface area (Å²) in [6.07, 6.45) is -13.4. The number of nitrogens with zero attached hydrogens (tertiary/aromatic N) is 2. The van der Waals surface area contributed by atoms with Crippen LogP contribution in [0.3, 0.4) is 0 Å². The second-order valence-corrected chi connectivity index (χ2v) is 13.3. The van der Waals surface area contributed by atoms with E-state index in [9.17, 15) is 37.1 Å². The van der Waals surface area contributed by atoms with E-state index in [2.05, 4.69) is 0 Å². The highest BCUT2D eigenvalue weighted by molar-refractivity contribution is 7.87. The smallest absolute Gasteiger partial charge is 0.371 e. The Morgan fingerprint density at radius 3 is 1.12 bits per heavy atom. The monoisotopic (exact) mass is 734 g/mol. The maximum absolute atomic E-state index is 15.5. The molecule has 0 saturated carbocycles. The van der Waals surface area contributed by atoms with Crippen LogP contribution in [0, 0.1) is 34.1 Å². The molecule has 260 valence electrons. The highest BCUT2D eigenvalue weighted by Crippen LogP contribution is 2.62. The number of aryl methyl sites for hydroxylation is 2. The topological polar surface area (TPSA) is 173 Å². The van der Waals surface area contributed by atoms with Crippen LogP contribution in [0.15, 0.2) is 94.7 Å². The lowest BCUT2D eigenvalue weighted by atomic mass is 9.71. The van der Waals surface area contributed by atoms with Gasteiger partial charge in [-0.3, -0.25) is 20.2 Å². The van der Waals surface area contributed by atoms with Gasteiger partial charge in [0.2, 0.25) is 16.9 Å². The molecule has 0 aromatic heterocycles. The van der Waals surface area contributed by atoms with Crippen LogP contribution in [0.5, 0.6) is 11.5 Å². The van der Waals surface area contributed by atoms with Gasteiger partial charge in [0.15, 0.2) is 0 Å². The fourth-order valence-corrected chi connectivity index (χ4v) is 6.91. The zero-order valence-corrected chi connectivity index (χ0v) is 26.3. The molecule has 0 spiro atoms. The summed E-state index contributed by atoms with van der Waals surface area (Å²) in [6, 6.07) is 11.3. The summed E-state index contributed by atoms with van der Waals surface area (Å²) >= 11 is 0. The maximum Gasteiger partial charge on any atom is 0.411 e. The maximum atomic E-state index is 15.5. The van der Waals surface area contributed by atoms with Gasteiger partial charge in [-0.2, -0.15) is 43.2 Å². The third-order valence-electron chi connectivity index (χ3n) is 7.14. The van der Waals surface area contributed by atoms with Gasteiger partial charge >= 0.3 is 44.0 Å². The summed E-state index contributed by atoms with van der Waals surface area (Å²) in [5.74, 6) is -4.10. The van der Waals surface area contributed by atoms with Gasteiger partial charge in [-0.25, -0.2) is 0 Å². The van der Waals surface area contributed by atoms with Crippen LogP contribution in [0.25, 0.3) is 0 Å². The molecule has 0 amide bonds. The van der Waals surface area contributed by atoms with Crippen molar-refractivity contribution in [2.75, 3.05) is 0 Å². The zero-order valence-electron chi connectivity index (χ0n) is 24.6. The normalized spacial score (nSPS) is 12.7. The molecule has 49 heavy (non-hydrogen) atoms. The lowest BCUT2D eigenvalue weighted by molar-refractivity contribution is -0.386. The van der Waals surface area contributed by atoms with Crippen molar-refractivity contribution >= 4 is 31.6 Å². The minimum Gasteiger partial charge on any atom is -0.371 e. The van der Waals surface area contributed by atoms with Crippen molar-refractivity contribution in [2.24, 2.45) is 0 Å². The molecule has 0 aliphatic carbocycles. The van der Waals surface area contributed by atoms with Gasteiger partial charge in [0.25, 0.3) is 0 Å². The molecule has 0 aliphatic heterocycles. The third-order valence-corrected chi connectivity index (χ3v) is 9.61. The standard InChI is InChI=1S/C29H20F6N2O10S2/c1-17-13-15-21(25(23(17)36(38)39)46-48(42,43)19-9-5-3-6-10-19)27(28(30,31)32,29(33,34)35)22-16-14-18(2)24(37(40)41)26(22)47-49(44,45)20-11-7-4-8-12-20/h3-16H,1-2H3. The summed E-state index contributed by atoms with van der Waals surface area (Å²) in [4.78, 5) is 19.7. The first-order chi connectivity index (χ1) is 22.6. The highest BCUT2D eigenvalue weighted by atomic mass is 32.2. The predicted molar refractivity (Wildman–Crippen MR) is 157 cm³/mol. The number of benzene rings is 4. The molecule has 0 bridgehead atoms. The van der Waals surface area contributed by atoms with Crippen molar-refractivity contribution in [3.05, 3.63) is 127 Å². The third kappa shape index (κ3) is 6.47. The van der Waals surface area contributed by atoms with Gasteiger partial charge < -0.3 is 8.37 Å². The van der Waals surface area contributed by atoms with E-state index in [1.165, 1.54) is 12.1 Å². The fraction of sp³-hybridized carbons (Fsp3) is 0.172. The molecule has 0 radical (unpaired) electrons. The Morgan fingerprint density at radius 2 is 0.857 bits per heavy atom. The largest absolute Gasteiger partial charge is 0.411 e. The molecular formula is C29H20F6N2O10S2. The van der Waals surface area contributed by atoms with Crippen LogP contribution in [0.2, 0.25) is 0 Å². The fourth-order valence-electron chi connectivity index (χ4n) is 4.96. The SMILES string of the molecule is Cc1ccc(C(c2ccc(C)c([N+](=O)[O-])c2OS(=O)(=O)c2ccccc2)(C(F)(F)F)C(F)(F)F)c(OS(=O)(=O)c2ccccc2)c1[N+](=O)[O-]. The Labute approximate surface area is 273 Å². The second kappa shape index (κ2) is 12.7. The van der Waals surface area contributed by atoms with Gasteiger partial charge in [-0.1, -0.05) is 60.7 Å². The molecule has 0 heterocycles. The van der Waals surface area contributed by atoms with E-state index < -0.39 is 103 Å². The molecular weight excluding hydrogens is 714 g/mol. The van der Waals surface area contributed by atoms with Crippen LogP contribution in [0.1, 0.15) is 22.3 Å². The molecule has 4 rings (SSSR count). The molecule has 0 fully saturated rings. The van der Waals surface area contributed by atoms with Gasteiger partial charge in [0, 0.05) is 22.3 Å². The quantitative estimate of drug-likeness (QED) is 0.0710. The molecule has 4 aromatic carbocycles. The van der Waals surface area contributed by atoms with Crippen LogP contribution < -0.4 is 8.37 Å². The first-order valence-electron chi connectivity index (χ1n) is 13.3. The highest BCUT2D eigenvalue weighted by Gasteiger charge is 2.75. The molecule has 0 atom stereocenters. The molecule has 20 heteroatoms. The van der Waals surface area contributed by atoms with E-state index in [-0.39, 0.29) is 12.1 Å². The van der Waals surface area contributed by atoms with E-state index in [1.807, 2.05) is 0 Å². The number of halogens is 6. The predicted octanol–water partition coefficient (Wildman–Crippen LogP) is 7.07. The number of nitro groups is 2. The van der Waals surface area contributed by atoms with Crippen molar-refractivity contribution in [3.8, 4) is 11.5 Å². The first-order valence-corrected chi connectivity index (χ1v) is 16.1.